The van der Waals surface area contributed by atoms with Crippen LogP contribution in [-0.2, 0) is 24.4 Å². The van der Waals surface area contributed by atoms with Crippen molar-refractivity contribution in [3.8, 4) is 0 Å². The lowest BCUT2D eigenvalue weighted by atomic mass is 10.2. The maximum absolute atomic E-state index is 12.7. The second kappa shape index (κ2) is 7.77. The van der Waals surface area contributed by atoms with Gasteiger partial charge in [0.1, 0.15) is 6.54 Å². The van der Waals surface area contributed by atoms with Gasteiger partial charge in [0.2, 0.25) is 5.91 Å². The highest BCUT2D eigenvalue weighted by Crippen LogP contribution is 2.07. The van der Waals surface area contributed by atoms with Crippen LogP contribution in [0.25, 0.3) is 10.9 Å². The van der Waals surface area contributed by atoms with E-state index < -0.39 is 5.69 Å². The van der Waals surface area contributed by atoms with Gasteiger partial charge in [-0.3, -0.25) is 23.7 Å². The summed E-state index contributed by atoms with van der Waals surface area (Å²) in [4.78, 5) is 41.8. The predicted octanol–water partition coefficient (Wildman–Crippen LogP) is 1.28. The van der Waals surface area contributed by atoms with E-state index in [1.165, 1.54) is 9.13 Å². The van der Waals surface area contributed by atoms with Crippen molar-refractivity contribution < 1.29 is 4.79 Å². The van der Waals surface area contributed by atoms with Crippen LogP contribution in [0.2, 0.25) is 0 Å². The van der Waals surface area contributed by atoms with Crippen molar-refractivity contribution in [3.63, 3.8) is 0 Å². The minimum Gasteiger partial charge on any atom is -0.349 e. The molecule has 1 amide bonds. The Morgan fingerprint density at radius 2 is 1.85 bits per heavy atom. The van der Waals surface area contributed by atoms with E-state index in [2.05, 4.69) is 10.3 Å². The Morgan fingerprint density at radius 1 is 1.08 bits per heavy atom. The van der Waals surface area contributed by atoms with Crippen LogP contribution in [0.5, 0.6) is 0 Å². The minimum atomic E-state index is -0.469. The van der Waals surface area contributed by atoms with Gasteiger partial charge in [0.25, 0.3) is 5.56 Å². The minimum absolute atomic E-state index is 0.157. The summed E-state index contributed by atoms with van der Waals surface area (Å²) >= 11 is 0. The fourth-order valence-electron chi connectivity index (χ4n) is 2.84. The van der Waals surface area contributed by atoms with Crippen molar-refractivity contribution >= 4 is 16.8 Å². The molecular weight excluding hydrogens is 332 g/mol. The molecule has 0 spiro atoms. The Balaban J connectivity index is 1.92. The van der Waals surface area contributed by atoms with Gasteiger partial charge in [-0.2, -0.15) is 0 Å². The maximum Gasteiger partial charge on any atom is 0.331 e. The topological polar surface area (TPSA) is 86.0 Å². The number of hydrogen-bond donors (Lipinski definition) is 1. The van der Waals surface area contributed by atoms with Crippen molar-refractivity contribution in [2.45, 2.75) is 33.0 Å². The molecule has 0 atom stereocenters. The first-order valence-corrected chi connectivity index (χ1v) is 8.50. The zero-order valence-corrected chi connectivity index (χ0v) is 14.5. The number of carbonyl (C=O) groups excluding carboxylic acids is 1. The Labute approximate surface area is 149 Å². The highest BCUT2D eigenvalue weighted by molar-refractivity contribution is 5.81. The molecule has 2 heterocycles. The number of nitrogens with zero attached hydrogens (tertiary/aromatic N) is 3. The van der Waals surface area contributed by atoms with Crippen LogP contribution in [0.1, 0.15) is 19.0 Å². The van der Waals surface area contributed by atoms with Gasteiger partial charge in [-0.25, -0.2) is 4.79 Å². The molecule has 2 aromatic heterocycles. The van der Waals surface area contributed by atoms with E-state index in [0.29, 0.717) is 23.9 Å². The Hall–Kier alpha value is -3.22. The summed E-state index contributed by atoms with van der Waals surface area (Å²) in [6.45, 7) is 2.33. The first-order chi connectivity index (χ1) is 12.6. The SMILES string of the molecule is CCCn1c(=O)c2ccccc2n(CC(=O)NCc2ccccn2)c1=O. The molecule has 134 valence electrons. The van der Waals surface area contributed by atoms with Gasteiger partial charge in [-0.05, 0) is 30.7 Å². The summed E-state index contributed by atoms with van der Waals surface area (Å²) in [5, 5.41) is 3.19. The number of aromatic nitrogens is 3. The summed E-state index contributed by atoms with van der Waals surface area (Å²) in [7, 11) is 0. The first kappa shape index (κ1) is 17.6. The molecule has 0 saturated carbocycles. The Bertz CT molecular complexity index is 1040. The molecule has 1 N–H and O–H groups in total. The van der Waals surface area contributed by atoms with E-state index in [9.17, 15) is 14.4 Å². The van der Waals surface area contributed by atoms with Crippen LogP contribution >= 0.6 is 0 Å². The number of benzene rings is 1. The Kier molecular flexibility index (Phi) is 5.26. The largest absolute Gasteiger partial charge is 0.349 e. The number of para-hydroxylation sites is 1. The quantitative estimate of drug-likeness (QED) is 0.724. The number of nitrogens with one attached hydrogen (secondary N) is 1. The van der Waals surface area contributed by atoms with Crippen LogP contribution in [0, 0.1) is 0 Å². The highest BCUT2D eigenvalue weighted by Gasteiger charge is 2.14. The summed E-state index contributed by atoms with van der Waals surface area (Å²) in [6, 6.07) is 12.3. The standard InChI is InChI=1S/C19H20N4O3/c1-2-11-22-18(25)15-8-3-4-9-16(15)23(19(22)26)13-17(24)21-12-14-7-5-6-10-20-14/h3-10H,2,11-13H2,1H3,(H,21,24). The number of carbonyl (C=O) groups is 1. The molecule has 3 rings (SSSR count). The molecule has 0 radical (unpaired) electrons. The van der Waals surface area contributed by atoms with Gasteiger partial charge in [0.05, 0.1) is 23.1 Å². The molecular formula is C19H20N4O3. The van der Waals surface area contributed by atoms with Crippen molar-refractivity contribution in [3.05, 3.63) is 75.2 Å². The summed E-state index contributed by atoms with van der Waals surface area (Å²) in [6.07, 6.45) is 2.31. The third kappa shape index (κ3) is 3.56. The lowest BCUT2D eigenvalue weighted by molar-refractivity contribution is -0.121. The van der Waals surface area contributed by atoms with Gasteiger partial charge in [-0.15, -0.1) is 0 Å². The lowest BCUT2D eigenvalue weighted by Crippen LogP contribution is -2.42. The number of rotatable bonds is 6. The maximum atomic E-state index is 12.7. The van der Waals surface area contributed by atoms with Crippen LogP contribution in [0.15, 0.2) is 58.3 Å². The van der Waals surface area contributed by atoms with Crippen LogP contribution < -0.4 is 16.6 Å². The number of fused-ring (bicyclic) bond motifs is 1. The van der Waals surface area contributed by atoms with Gasteiger partial charge in [0.15, 0.2) is 0 Å². The van der Waals surface area contributed by atoms with E-state index in [-0.39, 0.29) is 24.6 Å². The molecule has 0 aliphatic heterocycles. The van der Waals surface area contributed by atoms with E-state index >= 15 is 0 Å². The molecule has 0 saturated heterocycles. The van der Waals surface area contributed by atoms with Crippen molar-refractivity contribution in [1.82, 2.24) is 19.4 Å². The molecule has 26 heavy (non-hydrogen) atoms. The molecule has 1 aromatic carbocycles. The fraction of sp³-hybridized carbons (Fsp3) is 0.263. The average Bonchev–Trinajstić information content (AvgIpc) is 2.67. The van der Waals surface area contributed by atoms with Gasteiger partial charge in [-0.1, -0.05) is 25.1 Å². The van der Waals surface area contributed by atoms with Gasteiger partial charge in [0, 0.05) is 12.7 Å². The zero-order chi connectivity index (χ0) is 18.5. The number of pyridine rings is 1. The van der Waals surface area contributed by atoms with E-state index in [4.69, 9.17) is 0 Å². The zero-order valence-electron chi connectivity index (χ0n) is 14.5. The third-order valence-corrected chi connectivity index (χ3v) is 4.07. The number of amides is 1. The van der Waals surface area contributed by atoms with Crippen LogP contribution in [-0.4, -0.2) is 20.0 Å². The van der Waals surface area contributed by atoms with Gasteiger partial charge < -0.3 is 5.32 Å². The second-order valence-corrected chi connectivity index (χ2v) is 5.94. The molecule has 7 nitrogen and oxygen atoms in total. The molecule has 0 unspecified atom stereocenters. The lowest BCUT2D eigenvalue weighted by Gasteiger charge is -2.13. The molecule has 0 aliphatic carbocycles. The molecule has 0 bridgehead atoms. The second-order valence-electron chi connectivity index (χ2n) is 5.94. The molecule has 7 heteroatoms. The molecule has 0 fully saturated rings. The smallest absolute Gasteiger partial charge is 0.331 e. The Morgan fingerprint density at radius 3 is 2.58 bits per heavy atom. The van der Waals surface area contributed by atoms with Gasteiger partial charge >= 0.3 is 5.69 Å². The summed E-state index contributed by atoms with van der Waals surface area (Å²) in [5.41, 5.74) is 0.401. The van der Waals surface area contributed by atoms with Crippen molar-refractivity contribution in [2.24, 2.45) is 0 Å². The molecule has 0 aliphatic rings. The fourth-order valence-corrected chi connectivity index (χ4v) is 2.84. The average molecular weight is 352 g/mol. The van der Waals surface area contributed by atoms with Crippen LogP contribution in [0.4, 0.5) is 0 Å². The van der Waals surface area contributed by atoms with E-state index in [0.717, 1.165) is 5.69 Å². The highest BCUT2D eigenvalue weighted by atomic mass is 16.2. The summed E-state index contributed by atoms with van der Waals surface area (Å²) < 4.78 is 2.54. The summed E-state index contributed by atoms with van der Waals surface area (Å²) in [5.74, 6) is -0.315. The van der Waals surface area contributed by atoms with E-state index in [1.807, 2.05) is 19.1 Å². The van der Waals surface area contributed by atoms with Crippen molar-refractivity contribution in [1.29, 1.82) is 0 Å². The third-order valence-electron chi connectivity index (χ3n) is 4.07. The first-order valence-electron chi connectivity index (χ1n) is 8.50. The van der Waals surface area contributed by atoms with Crippen LogP contribution in [0.3, 0.4) is 0 Å². The number of hydrogen-bond acceptors (Lipinski definition) is 4. The monoisotopic (exact) mass is 352 g/mol. The van der Waals surface area contributed by atoms with E-state index in [1.54, 1.807) is 36.5 Å². The normalized spacial score (nSPS) is 10.8. The molecule has 3 aromatic rings. The predicted molar refractivity (Wildman–Crippen MR) is 98.8 cm³/mol. The van der Waals surface area contributed by atoms with Crippen molar-refractivity contribution in [2.75, 3.05) is 0 Å².